The number of unbranched alkanes of at least 4 members (excludes halogenated alkanes) is 2. The highest BCUT2D eigenvalue weighted by atomic mass is 16.7. The van der Waals surface area contributed by atoms with Crippen LogP contribution in [-0.4, -0.2) is 61.5 Å². The van der Waals surface area contributed by atoms with Gasteiger partial charge in [-0.15, -0.1) is 0 Å². The molecule has 3 atom stereocenters. The van der Waals surface area contributed by atoms with Gasteiger partial charge in [-0.05, 0) is 62.1 Å². The Morgan fingerprint density at radius 2 is 1.46 bits per heavy atom. The molecular weight excluding hydrogens is 538 g/mol. The summed E-state index contributed by atoms with van der Waals surface area (Å²) in [5.41, 5.74) is 6.41. The number of aliphatic carboxylic acids is 1. The Bertz CT molecular complexity index is 993. The van der Waals surface area contributed by atoms with Gasteiger partial charge in [-0.1, -0.05) is 46.1 Å². The van der Waals surface area contributed by atoms with Gasteiger partial charge >= 0.3 is 24.4 Å². The van der Waals surface area contributed by atoms with Crippen LogP contribution < -0.4 is 15.2 Å². The summed E-state index contributed by atoms with van der Waals surface area (Å²) in [7, 11) is 0. The van der Waals surface area contributed by atoms with Gasteiger partial charge < -0.3 is 39.3 Å². The quantitative estimate of drug-likeness (QED) is 0.108. The number of hydrogen-bond acceptors (Lipinski definition) is 11. The summed E-state index contributed by atoms with van der Waals surface area (Å²) in [5.74, 6) is -3.09. The van der Waals surface area contributed by atoms with E-state index in [2.05, 4.69) is 0 Å². The highest BCUT2D eigenvalue weighted by Gasteiger charge is 2.33. The summed E-state index contributed by atoms with van der Waals surface area (Å²) in [4.78, 5) is 48.7. The van der Waals surface area contributed by atoms with Gasteiger partial charge in [-0.3, -0.25) is 4.79 Å². The molecule has 1 fully saturated rings. The van der Waals surface area contributed by atoms with E-state index in [1.165, 1.54) is 18.2 Å². The zero-order valence-corrected chi connectivity index (χ0v) is 24.1. The van der Waals surface area contributed by atoms with E-state index in [-0.39, 0.29) is 37.4 Å². The molecule has 0 saturated heterocycles. The van der Waals surface area contributed by atoms with E-state index in [1.807, 2.05) is 13.8 Å². The van der Waals surface area contributed by atoms with Crippen LogP contribution in [0, 0.1) is 5.92 Å². The zero-order chi connectivity index (χ0) is 30.2. The average Bonchev–Trinajstić information content (AvgIpc) is 2.94. The second-order valence-corrected chi connectivity index (χ2v) is 10.1. The average molecular weight is 582 g/mol. The van der Waals surface area contributed by atoms with Gasteiger partial charge in [-0.25, -0.2) is 14.4 Å². The van der Waals surface area contributed by atoms with E-state index in [9.17, 15) is 24.3 Å². The molecule has 0 aliphatic heterocycles. The second kappa shape index (κ2) is 18.0. The number of hydrogen-bond donors (Lipinski definition) is 2. The molecule has 230 valence electrons. The van der Waals surface area contributed by atoms with Gasteiger partial charge in [0.2, 0.25) is 0 Å². The number of carboxylic acid groups (broad SMARTS) is 1. The molecule has 0 heterocycles. The van der Waals surface area contributed by atoms with Gasteiger partial charge in [0.25, 0.3) is 0 Å². The van der Waals surface area contributed by atoms with Crippen LogP contribution in [0.25, 0.3) is 0 Å². The molecule has 2 unspecified atom stereocenters. The fourth-order valence-corrected chi connectivity index (χ4v) is 4.43. The molecule has 2 rings (SSSR count). The lowest BCUT2D eigenvalue weighted by atomic mass is 9.82. The van der Waals surface area contributed by atoms with Crippen LogP contribution in [0.1, 0.15) is 90.0 Å². The van der Waals surface area contributed by atoms with E-state index < -0.39 is 42.3 Å². The first-order chi connectivity index (χ1) is 19.7. The fourth-order valence-electron chi connectivity index (χ4n) is 4.43. The molecule has 1 aliphatic carbocycles. The minimum atomic E-state index is -1.40. The molecule has 0 bridgehead atoms. The van der Waals surface area contributed by atoms with Crippen LogP contribution in [0.2, 0.25) is 0 Å². The predicted octanol–water partition coefficient (Wildman–Crippen LogP) is 5.94. The van der Waals surface area contributed by atoms with Crippen molar-refractivity contribution in [1.82, 2.24) is 0 Å². The smallest absolute Gasteiger partial charge is 0.480 e. The maximum Gasteiger partial charge on any atom is 0.513 e. The van der Waals surface area contributed by atoms with E-state index in [1.54, 1.807) is 6.92 Å². The third kappa shape index (κ3) is 11.8. The number of carbonyl (C=O) groups excluding carboxylic acids is 3. The maximum absolute atomic E-state index is 12.3. The van der Waals surface area contributed by atoms with Crippen molar-refractivity contribution >= 4 is 24.4 Å². The van der Waals surface area contributed by atoms with Crippen molar-refractivity contribution in [2.24, 2.45) is 11.7 Å². The number of ether oxygens (including phenoxy) is 6. The number of benzene rings is 1. The molecule has 41 heavy (non-hydrogen) atoms. The first-order valence-electron chi connectivity index (χ1n) is 14.3. The standard InChI is InChI=1S/C29H43NO11/c1-4-6-15-36-27(33)40-22-14-13-20(17-23(22)41-28(34)37-16-7-5-2)24(25(30)26(31)32)19(3)18-38-29(35)39-21-11-9-8-10-12-21/h13-14,17,19,21,24-25H,4-12,15-16,18,30H2,1-3H3,(H,31,32)/t19?,24?,25-/m0/s1. The molecular formula is C29H43NO11. The number of carboxylic acids is 1. The zero-order valence-electron chi connectivity index (χ0n) is 24.1. The Hall–Kier alpha value is -3.54. The summed E-state index contributed by atoms with van der Waals surface area (Å²) in [6.07, 6.45) is 4.46. The molecule has 1 saturated carbocycles. The fraction of sp³-hybridized carbons (Fsp3) is 0.655. The lowest BCUT2D eigenvalue weighted by Crippen LogP contribution is -2.40. The first kappa shape index (κ1) is 33.7. The van der Waals surface area contributed by atoms with Crippen molar-refractivity contribution in [3.63, 3.8) is 0 Å². The van der Waals surface area contributed by atoms with Crippen molar-refractivity contribution in [2.75, 3.05) is 19.8 Å². The second-order valence-electron chi connectivity index (χ2n) is 10.1. The van der Waals surface area contributed by atoms with Crippen molar-refractivity contribution in [3.8, 4) is 11.5 Å². The Morgan fingerprint density at radius 1 is 0.878 bits per heavy atom. The molecule has 0 aromatic heterocycles. The van der Waals surface area contributed by atoms with E-state index in [4.69, 9.17) is 34.2 Å². The van der Waals surface area contributed by atoms with Crippen LogP contribution in [0.4, 0.5) is 14.4 Å². The molecule has 0 amide bonds. The van der Waals surface area contributed by atoms with Crippen LogP contribution in [0.15, 0.2) is 18.2 Å². The number of carbonyl (C=O) groups is 4. The van der Waals surface area contributed by atoms with Crippen LogP contribution >= 0.6 is 0 Å². The summed E-state index contributed by atoms with van der Waals surface area (Å²) < 4.78 is 31.4. The molecule has 1 aromatic rings. The first-order valence-corrected chi connectivity index (χ1v) is 14.3. The third-order valence-electron chi connectivity index (χ3n) is 6.74. The van der Waals surface area contributed by atoms with Gasteiger partial charge in [0, 0.05) is 5.92 Å². The molecule has 1 aromatic carbocycles. The lowest BCUT2D eigenvalue weighted by molar-refractivity contribution is -0.139. The largest absolute Gasteiger partial charge is 0.513 e. The Kier molecular flexibility index (Phi) is 14.8. The van der Waals surface area contributed by atoms with E-state index in [0.717, 1.165) is 44.9 Å². The molecule has 0 radical (unpaired) electrons. The van der Waals surface area contributed by atoms with Gasteiger partial charge in [0.1, 0.15) is 12.1 Å². The molecule has 0 spiro atoms. The summed E-state index contributed by atoms with van der Waals surface area (Å²) >= 11 is 0. The molecule has 1 aliphatic rings. The highest BCUT2D eigenvalue weighted by molar-refractivity contribution is 5.75. The van der Waals surface area contributed by atoms with Crippen molar-refractivity contribution in [3.05, 3.63) is 23.8 Å². The van der Waals surface area contributed by atoms with E-state index >= 15 is 0 Å². The maximum atomic E-state index is 12.3. The van der Waals surface area contributed by atoms with Gasteiger partial charge in [0.05, 0.1) is 19.8 Å². The summed E-state index contributed by atoms with van der Waals surface area (Å²) in [6.45, 7) is 5.65. The van der Waals surface area contributed by atoms with Crippen molar-refractivity contribution < 1.29 is 52.7 Å². The summed E-state index contributed by atoms with van der Waals surface area (Å²) in [5, 5.41) is 9.72. The minimum absolute atomic E-state index is 0.127. The van der Waals surface area contributed by atoms with Crippen LogP contribution in [0.5, 0.6) is 11.5 Å². The molecule has 12 nitrogen and oxygen atoms in total. The highest BCUT2D eigenvalue weighted by Crippen LogP contribution is 2.36. The van der Waals surface area contributed by atoms with Crippen molar-refractivity contribution in [2.45, 2.75) is 96.6 Å². The Morgan fingerprint density at radius 3 is 2.02 bits per heavy atom. The molecule has 3 N–H and O–H groups in total. The molecule has 12 heteroatoms. The number of rotatable bonds is 15. The topological polar surface area (TPSA) is 170 Å². The van der Waals surface area contributed by atoms with Crippen molar-refractivity contribution in [1.29, 1.82) is 0 Å². The third-order valence-corrected chi connectivity index (χ3v) is 6.74. The van der Waals surface area contributed by atoms with E-state index in [0.29, 0.717) is 18.4 Å². The normalized spacial score (nSPS) is 15.6. The minimum Gasteiger partial charge on any atom is -0.480 e. The predicted molar refractivity (Wildman–Crippen MR) is 147 cm³/mol. The Labute approximate surface area is 240 Å². The SMILES string of the molecule is CCCCOC(=O)Oc1ccc(C(C(C)COC(=O)OC2CCCCC2)[C@H](N)C(=O)O)cc1OC(=O)OCCCC. The number of nitrogens with two attached hydrogens (primary N) is 1. The monoisotopic (exact) mass is 581 g/mol. The van der Waals surface area contributed by atoms with Crippen LogP contribution in [0.3, 0.4) is 0 Å². The van der Waals surface area contributed by atoms with Gasteiger partial charge in [0.15, 0.2) is 11.5 Å². The van der Waals surface area contributed by atoms with Gasteiger partial charge in [-0.2, -0.15) is 0 Å². The lowest BCUT2D eigenvalue weighted by Gasteiger charge is -2.28. The summed E-state index contributed by atoms with van der Waals surface area (Å²) in [6, 6.07) is 2.78. The van der Waals surface area contributed by atoms with Crippen LogP contribution in [-0.2, 0) is 23.7 Å². The Balaban J connectivity index is 2.24.